The number of hydrogen-bond acceptors (Lipinski definition) is 5. The number of carbonyl (C=O) groups excluding carboxylic acids is 2. The van der Waals surface area contributed by atoms with Gasteiger partial charge in [-0.2, -0.15) is 13.2 Å². The molecule has 0 unspecified atom stereocenters. The van der Waals surface area contributed by atoms with Gasteiger partial charge >= 0.3 is 12.1 Å². The van der Waals surface area contributed by atoms with Gasteiger partial charge in [-0.3, -0.25) is 4.79 Å². The molecule has 0 spiro atoms. The van der Waals surface area contributed by atoms with Crippen molar-refractivity contribution in [1.29, 1.82) is 0 Å². The van der Waals surface area contributed by atoms with Crippen molar-refractivity contribution < 1.29 is 37.0 Å². The highest BCUT2D eigenvalue weighted by atomic mass is 35.5. The van der Waals surface area contributed by atoms with E-state index >= 15 is 0 Å². The average molecular weight is 432 g/mol. The minimum Gasteiger partial charge on any atom is -0.493 e. The van der Waals surface area contributed by atoms with Crippen LogP contribution in [0.2, 0.25) is 5.02 Å². The Morgan fingerprint density at radius 1 is 1.07 bits per heavy atom. The molecule has 0 aliphatic carbocycles. The zero-order valence-electron chi connectivity index (χ0n) is 15.6. The van der Waals surface area contributed by atoms with E-state index in [1.54, 1.807) is 0 Å². The van der Waals surface area contributed by atoms with Crippen LogP contribution in [0.1, 0.15) is 22.8 Å². The highest BCUT2D eigenvalue weighted by Gasteiger charge is 2.31. The van der Waals surface area contributed by atoms with Crippen LogP contribution in [-0.2, 0) is 15.7 Å². The van der Waals surface area contributed by atoms with Crippen LogP contribution in [0.15, 0.2) is 36.4 Å². The van der Waals surface area contributed by atoms with Gasteiger partial charge in [0.1, 0.15) is 0 Å². The number of esters is 1. The third-order valence-electron chi connectivity index (χ3n) is 3.81. The van der Waals surface area contributed by atoms with Crippen molar-refractivity contribution in [1.82, 2.24) is 0 Å². The van der Waals surface area contributed by atoms with Crippen molar-refractivity contribution in [3.05, 3.63) is 52.5 Å². The summed E-state index contributed by atoms with van der Waals surface area (Å²) in [6.07, 6.45) is -5.69. The molecule has 0 aliphatic rings. The lowest BCUT2D eigenvalue weighted by molar-refractivity contribution is -0.137. The van der Waals surface area contributed by atoms with Gasteiger partial charge < -0.3 is 19.5 Å². The molecule has 0 saturated heterocycles. The fraction of sp³-hybridized carbons (Fsp3) is 0.263. The molecule has 1 N–H and O–H groups in total. The van der Waals surface area contributed by atoms with Gasteiger partial charge in [0, 0.05) is 0 Å². The predicted molar refractivity (Wildman–Crippen MR) is 99.5 cm³/mol. The van der Waals surface area contributed by atoms with E-state index in [1.807, 2.05) is 0 Å². The Labute approximate surface area is 169 Å². The summed E-state index contributed by atoms with van der Waals surface area (Å²) in [7, 11) is 2.57. The lowest BCUT2D eigenvalue weighted by atomic mass is 10.2. The maximum Gasteiger partial charge on any atom is 0.416 e. The summed E-state index contributed by atoms with van der Waals surface area (Å²) in [5, 5.41) is 2.25. The van der Waals surface area contributed by atoms with E-state index in [-0.39, 0.29) is 27.8 Å². The zero-order valence-corrected chi connectivity index (χ0v) is 16.4. The number of methoxy groups -OCH3 is 2. The first-order valence-corrected chi connectivity index (χ1v) is 8.55. The summed E-state index contributed by atoms with van der Waals surface area (Å²) in [6.45, 7) is 1.39. The van der Waals surface area contributed by atoms with Gasteiger partial charge in [0.25, 0.3) is 5.91 Å². The minimum atomic E-state index is -4.58. The number of rotatable bonds is 6. The van der Waals surface area contributed by atoms with Crippen molar-refractivity contribution in [3.63, 3.8) is 0 Å². The summed E-state index contributed by atoms with van der Waals surface area (Å²) in [5.74, 6) is -0.993. The molecule has 2 aromatic carbocycles. The first-order chi connectivity index (χ1) is 13.6. The summed E-state index contributed by atoms with van der Waals surface area (Å²) in [5.41, 5.74) is -0.940. The maximum atomic E-state index is 12.9. The fourth-order valence-electron chi connectivity index (χ4n) is 2.29. The van der Waals surface area contributed by atoms with Crippen molar-refractivity contribution in [2.75, 3.05) is 19.5 Å². The summed E-state index contributed by atoms with van der Waals surface area (Å²) in [6, 6.07) is 6.78. The van der Waals surface area contributed by atoms with Crippen LogP contribution in [0.4, 0.5) is 18.9 Å². The van der Waals surface area contributed by atoms with E-state index < -0.39 is 29.7 Å². The van der Waals surface area contributed by atoms with Gasteiger partial charge in [-0.05, 0) is 43.3 Å². The van der Waals surface area contributed by atoms with Gasteiger partial charge in [0.2, 0.25) is 0 Å². The van der Waals surface area contributed by atoms with Gasteiger partial charge in [-0.25, -0.2) is 4.79 Å². The van der Waals surface area contributed by atoms with Gasteiger partial charge in [0.15, 0.2) is 17.6 Å². The van der Waals surface area contributed by atoms with Crippen molar-refractivity contribution in [2.45, 2.75) is 19.2 Å². The van der Waals surface area contributed by atoms with Crippen molar-refractivity contribution >= 4 is 29.2 Å². The van der Waals surface area contributed by atoms with Gasteiger partial charge in [-0.15, -0.1) is 0 Å². The quantitative estimate of drug-likeness (QED) is 0.679. The van der Waals surface area contributed by atoms with Crippen molar-refractivity contribution in [3.8, 4) is 11.5 Å². The van der Waals surface area contributed by atoms with Crippen LogP contribution in [0, 0.1) is 0 Å². The topological polar surface area (TPSA) is 73.9 Å². The summed E-state index contributed by atoms with van der Waals surface area (Å²) in [4.78, 5) is 23.9. The molecule has 0 radical (unpaired) electrons. The molecule has 1 atom stereocenters. The van der Waals surface area contributed by atoms with Crippen LogP contribution in [0.3, 0.4) is 0 Å². The molecular formula is C19H17ClF3NO5. The number of amides is 1. The predicted octanol–water partition coefficient (Wildman–Crippen LogP) is 4.56. The van der Waals surface area contributed by atoms with E-state index in [1.165, 1.54) is 39.3 Å². The molecule has 6 nitrogen and oxygen atoms in total. The SMILES string of the molecule is COC(=O)c1ccc(O[C@@H](C)C(=O)Nc2cc(C(F)(F)F)ccc2Cl)c(OC)c1. The second-order valence-electron chi connectivity index (χ2n) is 5.80. The Hall–Kier alpha value is -2.94. The molecule has 0 heterocycles. The summed E-state index contributed by atoms with van der Waals surface area (Å²) >= 11 is 5.88. The zero-order chi connectivity index (χ0) is 21.8. The standard InChI is InChI=1S/C19H17ClF3NO5/c1-10(29-15-7-4-11(18(26)28-3)8-16(15)27-2)17(25)24-14-9-12(19(21,22)23)5-6-13(14)20/h4-10H,1-3H3,(H,24,25)/t10-/m0/s1. The molecule has 10 heteroatoms. The van der Waals surface area contributed by atoms with E-state index in [2.05, 4.69) is 10.1 Å². The van der Waals surface area contributed by atoms with Crippen LogP contribution in [-0.4, -0.2) is 32.2 Å². The molecule has 0 fully saturated rings. The number of anilines is 1. The molecule has 156 valence electrons. The van der Waals surface area contributed by atoms with Gasteiger partial charge in [-0.1, -0.05) is 11.6 Å². The number of benzene rings is 2. The lowest BCUT2D eigenvalue weighted by Gasteiger charge is -2.18. The first-order valence-electron chi connectivity index (χ1n) is 8.17. The second-order valence-corrected chi connectivity index (χ2v) is 6.21. The fourth-order valence-corrected chi connectivity index (χ4v) is 2.45. The third kappa shape index (κ3) is 5.54. The molecule has 0 aromatic heterocycles. The highest BCUT2D eigenvalue weighted by Crippen LogP contribution is 2.34. The first kappa shape index (κ1) is 22.4. The van der Waals surface area contributed by atoms with E-state index in [4.69, 9.17) is 21.1 Å². The molecule has 1 amide bonds. The third-order valence-corrected chi connectivity index (χ3v) is 4.14. The Bertz CT molecular complexity index is 917. The van der Waals surface area contributed by atoms with Crippen LogP contribution < -0.4 is 14.8 Å². The van der Waals surface area contributed by atoms with E-state index in [0.717, 1.165) is 18.2 Å². The Morgan fingerprint density at radius 2 is 1.76 bits per heavy atom. The number of alkyl halides is 3. The van der Waals surface area contributed by atoms with Crippen LogP contribution in [0.5, 0.6) is 11.5 Å². The van der Waals surface area contributed by atoms with E-state index in [9.17, 15) is 22.8 Å². The molecule has 0 aliphatic heterocycles. The molecular weight excluding hydrogens is 415 g/mol. The maximum absolute atomic E-state index is 12.9. The molecule has 2 rings (SSSR count). The monoisotopic (exact) mass is 431 g/mol. The van der Waals surface area contributed by atoms with E-state index in [0.29, 0.717) is 0 Å². The minimum absolute atomic E-state index is 0.0569. The number of halogens is 4. The molecule has 29 heavy (non-hydrogen) atoms. The normalized spacial score (nSPS) is 12.1. The number of nitrogens with one attached hydrogen (secondary N) is 1. The number of carbonyl (C=O) groups is 2. The van der Waals surface area contributed by atoms with Crippen LogP contribution >= 0.6 is 11.6 Å². The Morgan fingerprint density at radius 3 is 2.34 bits per heavy atom. The Balaban J connectivity index is 2.17. The van der Waals surface area contributed by atoms with Crippen molar-refractivity contribution in [2.24, 2.45) is 0 Å². The van der Waals surface area contributed by atoms with Gasteiger partial charge in [0.05, 0.1) is 36.1 Å². The highest BCUT2D eigenvalue weighted by molar-refractivity contribution is 6.33. The summed E-state index contributed by atoms with van der Waals surface area (Å²) < 4.78 is 53.8. The number of ether oxygens (including phenoxy) is 3. The smallest absolute Gasteiger partial charge is 0.416 e. The average Bonchev–Trinajstić information content (AvgIpc) is 2.68. The van der Waals surface area contributed by atoms with Crippen LogP contribution in [0.25, 0.3) is 0 Å². The second kappa shape index (κ2) is 9.04. The lowest BCUT2D eigenvalue weighted by Crippen LogP contribution is -2.30. The molecule has 0 bridgehead atoms. The number of hydrogen-bond donors (Lipinski definition) is 1. The molecule has 2 aromatic rings. The Kier molecular flexibility index (Phi) is 6.97. The largest absolute Gasteiger partial charge is 0.493 e. The molecule has 0 saturated carbocycles.